The molecule has 0 aliphatic carbocycles. The van der Waals surface area contributed by atoms with Crippen LogP contribution in [0.15, 0.2) is 33.7 Å². The Morgan fingerprint density at radius 1 is 1.32 bits per heavy atom. The lowest BCUT2D eigenvalue weighted by molar-refractivity contribution is -0.0328. The molecule has 22 heavy (non-hydrogen) atoms. The quantitative estimate of drug-likeness (QED) is 0.869. The third-order valence-corrected chi connectivity index (χ3v) is 3.35. The van der Waals surface area contributed by atoms with Gasteiger partial charge in [-0.2, -0.15) is 18.2 Å². The molecule has 1 heterocycles. The molecule has 0 fully saturated rings. The lowest BCUT2D eigenvalue weighted by atomic mass is 10.2. The maximum atomic E-state index is 12.2. The van der Waals surface area contributed by atoms with Crippen LogP contribution < -0.4 is 5.32 Å². The fourth-order valence-electron chi connectivity index (χ4n) is 1.64. The summed E-state index contributed by atoms with van der Waals surface area (Å²) in [6.07, 6.45) is 0. The smallest absolute Gasteiger partial charge is 0.341 e. The van der Waals surface area contributed by atoms with Crippen LogP contribution in [0.4, 0.5) is 13.2 Å². The number of amides is 1. The first-order chi connectivity index (χ1) is 10.2. The third-order valence-electron chi connectivity index (χ3n) is 2.61. The molecule has 0 aliphatic heterocycles. The monoisotopic (exact) mass is 331 g/mol. The minimum absolute atomic E-state index is 0.0182. The van der Waals surface area contributed by atoms with Crippen molar-refractivity contribution in [3.8, 4) is 0 Å². The number of aromatic nitrogens is 2. The second-order valence-electron chi connectivity index (χ2n) is 4.45. The van der Waals surface area contributed by atoms with Gasteiger partial charge in [-0.3, -0.25) is 4.79 Å². The van der Waals surface area contributed by atoms with Crippen LogP contribution in [0.3, 0.4) is 0 Å². The molecule has 1 amide bonds. The molecule has 0 radical (unpaired) electrons. The Balaban J connectivity index is 2.00. The molecule has 1 N–H and O–H groups in total. The Bertz CT molecular complexity index is 655. The van der Waals surface area contributed by atoms with E-state index in [2.05, 4.69) is 15.5 Å². The van der Waals surface area contributed by atoms with E-state index in [0.717, 1.165) is 0 Å². The van der Waals surface area contributed by atoms with Gasteiger partial charge in [0.05, 0.1) is 0 Å². The molecule has 0 aliphatic rings. The fraction of sp³-hybridized carbons (Fsp3) is 0.308. The molecule has 0 saturated heterocycles. The van der Waals surface area contributed by atoms with Crippen LogP contribution >= 0.6 is 11.8 Å². The second-order valence-corrected chi connectivity index (χ2v) is 5.59. The molecule has 0 bridgehead atoms. The summed E-state index contributed by atoms with van der Waals surface area (Å²) in [6, 6.07) is 4.64. The van der Waals surface area contributed by atoms with Crippen molar-refractivity contribution in [2.75, 3.05) is 0 Å². The lowest BCUT2D eigenvalue weighted by Crippen LogP contribution is -2.26. The average molecular weight is 331 g/mol. The van der Waals surface area contributed by atoms with Gasteiger partial charge in [0.15, 0.2) is 5.82 Å². The molecule has 1 atom stereocenters. The summed E-state index contributed by atoms with van der Waals surface area (Å²) in [5.41, 5.74) is -4.11. The number of carbonyl (C=O) groups excluding carboxylic acids is 1. The molecular formula is C13H12F3N3O2S. The zero-order valence-corrected chi connectivity index (χ0v) is 12.5. The van der Waals surface area contributed by atoms with Gasteiger partial charge in [0, 0.05) is 10.5 Å². The van der Waals surface area contributed by atoms with E-state index in [0.29, 0.717) is 5.82 Å². The summed E-state index contributed by atoms with van der Waals surface area (Å²) >= 11 is -0.230. The molecule has 2 rings (SSSR count). The largest absolute Gasteiger partial charge is 0.446 e. The minimum Gasteiger partial charge on any atom is -0.341 e. The van der Waals surface area contributed by atoms with Crippen molar-refractivity contribution in [2.45, 2.75) is 30.3 Å². The minimum atomic E-state index is -4.35. The van der Waals surface area contributed by atoms with Crippen LogP contribution in [-0.2, 0) is 0 Å². The molecule has 5 nitrogen and oxygen atoms in total. The van der Waals surface area contributed by atoms with Gasteiger partial charge in [-0.15, -0.1) is 0 Å². The molecule has 2 aromatic rings. The zero-order valence-electron chi connectivity index (χ0n) is 11.6. The Labute approximate surface area is 128 Å². The SMILES string of the molecule is Cc1noc([C@@H](C)NC(=O)c2ccc(SC(F)(F)F)cc2)n1. The molecule has 0 spiro atoms. The number of alkyl halides is 3. The molecule has 118 valence electrons. The number of benzene rings is 1. The maximum Gasteiger partial charge on any atom is 0.446 e. The van der Waals surface area contributed by atoms with Crippen LogP contribution in [0, 0.1) is 6.92 Å². The molecule has 0 unspecified atom stereocenters. The van der Waals surface area contributed by atoms with E-state index in [-0.39, 0.29) is 28.1 Å². The number of halogens is 3. The van der Waals surface area contributed by atoms with E-state index in [9.17, 15) is 18.0 Å². The number of nitrogens with one attached hydrogen (secondary N) is 1. The maximum absolute atomic E-state index is 12.2. The Hall–Kier alpha value is -2.03. The number of rotatable bonds is 4. The van der Waals surface area contributed by atoms with Crippen LogP contribution in [0.25, 0.3) is 0 Å². The normalized spacial score (nSPS) is 13.0. The highest BCUT2D eigenvalue weighted by molar-refractivity contribution is 8.00. The van der Waals surface area contributed by atoms with Crippen molar-refractivity contribution in [1.82, 2.24) is 15.5 Å². The summed E-state index contributed by atoms with van der Waals surface area (Å²) in [5.74, 6) is 0.270. The zero-order chi connectivity index (χ0) is 16.3. The van der Waals surface area contributed by atoms with Gasteiger partial charge >= 0.3 is 5.51 Å². The molecule has 0 saturated carbocycles. The highest BCUT2D eigenvalue weighted by Gasteiger charge is 2.29. The summed E-state index contributed by atoms with van der Waals surface area (Å²) < 4.78 is 41.6. The van der Waals surface area contributed by atoms with Gasteiger partial charge in [-0.05, 0) is 49.9 Å². The third kappa shape index (κ3) is 4.48. The number of thioether (sulfide) groups is 1. The number of carbonyl (C=O) groups is 1. The van der Waals surface area contributed by atoms with Crippen molar-refractivity contribution in [3.05, 3.63) is 41.5 Å². The standard InChI is InChI=1S/C13H12F3N3O2S/c1-7(12-18-8(2)19-21-12)17-11(20)9-3-5-10(6-4-9)22-13(14,15)16/h3-7H,1-2H3,(H,17,20)/t7-/m1/s1. The van der Waals surface area contributed by atoms with Gasteiger partial charge < -0.3 is 9.84 Å². The predicted octanol–water partition coefficient (Wildman–Crippen LogP) is 3.48. The Morgan fingerprint density at radius 2 is 1.95 bits per heavy atom. The second kappa shape index (κ2) is 6.39. The average Bonchev–Trinajstić information content (AvgIpc) is 2.84. The van der Waals surface area contributed by atoms with Crippen LogP contribution in [-0.4, -0.2) is 21.6 Å². The first kappa shape index (κ1) is 16.3. The summed E-state index contributed by atoms with van der Waals surface area (Å²) in [5, 5.41) is 6.25. The van der Waals surface area contributed by atoms with Gasteiger partial charge in [0.25, 0.3) is 5.91 Å². The van der Waals surface area contributed by atoms with E-state index in [1.54, 1.807) is 13.8 Å². The first-order valence-corrected chi connectivity index (χ1v) is 7.03. The summed E-state index contributed by atoms with van der Waals surface area (Å²) in [6.45, 7) is 3.32. The van der Waals surface area contributed by atoms with E-state index in [1.807, 2.05) is 0 Å². The summed E-state index contributed by atoms with van der Waals surface area (Å²) in [4.78, 5) is 16.0. The highest BCUT2D eigenvalue weighted by Crippen LogP contribution is 2.36. The van der Waals surface area contributed by atoms with E-state index in [4.69, 9.17) is 4.52 Å². The molecule has 1 aromatic heterocycles. The van der Waals surface area contributed by atoms with Gasteiger partial charge in [-0.1, -0.05) is 5.16 Å². The van der Waals surface area contributed by atoms with E-state index < -0.39 is 17.5 Å². The Morgan fingerprint density at radius 3 is 2.45 bits per heavy atom. The number of hydrogen-bond donors (Lipinski definition) is 1. The lowest BCUT2D eigenvalue weighted by Gasteiger charge is -2.10. The van der Waals surface area contributed by atoms with Gasteiger partial charge in [0.2, 0.25) is 5.89 Å². The Kier molecular flexibility index (Phi) is 4.74. The van der Waals surface area contributed by atoms with E-state index >= 15 is 0 Å². The van der Waals surface area contributed by atoms with Crippen molar-refractivity contribution >= 4 is 17.7 Å². The van der Waals surface area contributed by atoms with Gasteiger partial charge in [0.1, 0.15) is 6.04 Å². The van der Waals surface area contributed by atoms with Crippen molar-refractivity contribution in [2.24, 2.45) is 0 Å². The van der Waals surface area contributed by atoms with Crippen molar-refractivity contribution in [1.29, 1.82) is 0 Å². The van der Waals surface area contributed by atoms with Crippen molar-refractivity contribution < 1.29 is 22.5 Å². The highest BCUT2D eigenvalue weighted by atomic mass is 32.2. The topological polar surface area (TPSA) is 68.0 Å². The molecular weight excluding hydrogens is 319 g/mol. The number of aryl methyl sites for hydroxylation is 1. The summed E-state index contributed by atoms with van der Waals surface area (Å²) in [7, 11) is 0. The van der Waals surface area contributed by atoms with Crippen LogP contribution in [0.2, 0.25) is 0 Å². The number of hydrogen-bond acceptors (Lipinski definition) is 5. The van der Waals surface area contributed by atoms with Crippen LogP contribution in [0.5, 0.6) is 0 Å². The van der Waals surface area contributed by atoms with E-state index in [1.165, 1.54) is 24.3 Å². The van der Waals surface area contributed by atoms with Gasteiger partial charge in [-0.25, -0.2) is 0 Å². The predicted molar refractivity (Wildman–Crippen MR) is 73.3 cm³/mol. The van der Waals surface area contributed by atoms with Crippen molar-refractivity contribution in [3.63, 3.8) is 0 Å². The van der Waals surface area contributed by atoms with Crippen LogP contribution in [0.1, 0.15) is 35.0 Å². The molecule has 9 heteroatoms. The first-order valence-electron chi connectivity index (χ1n) is 6.21. The molecule has 1 aromatic carbocycles. The fourth-order valence-corrected chi connectivity index (χ4v) is 2.18. The number of nitrogens with zero attached hydrogens (tertiary/aromatic N) is 2.